The first kappa shape index (κ1) is 30.1. The van der Waals surface area contributed by atoms with Crippen LogP contribution in [0.15, 0.2) is 53.7 Å². The van der Waals surface area contributed by atoms with E-state index in [1.54, 1.807) is 11.1 Å². The molecule has 6 rings (SSSR count). The molecule has 1 aliphatic heterocycles. The number of aryl methyl sites for hydroxylation is 2. The van der Waals surface area contributed by atoms with Gasteiger partial charge in [-0.05, 0) is 104 Å². The minimum atomic E-state index is -0.631. The van der Waals surface area contributed by atoms with Crippen LogP contribution in [0.1, 0.15) is 68.5 Å². The summed E-state index contributed by atoms with van der Waals surface area (Å²) in [6.45, 7) is 7.24. The van der Waals surface area contributed by atoms with Gasteiger partial charge in [-0.3, -0.25) is 14.7 Å². The highest BCUT2D eigenvalue weighted by Crippen LogP contribution is 2.46. The van der Waals surface area contributed by atoms with E-state index in [1.807, 2.05) is 51.6 Å². The Morgan fingerprint density at radius 2 is 1.95 bits per heavy atom. The van der Waals surface area contributed by atoms with Gasteiger partial charge in [0.15, 0.2) is 0 Å². The number of aromatic nitrogens is 3. The van der Waals surface area contributed by atoms with Gasteiger partial charge in [-0.2, -0.15) is 0 Å². The van der Waals surface area contributed by atoms with Gasteiger partial charge in [0, 0.05) is 59.8 Å². The van der Waals surface area contributed by atoms with Crippen molar-refractivity contribution in [3.05, 3.63) is 81.1 Å². The van der Waals surface area contributed by atoms with Crippen LogP contribution in [-0.4, -0.2) is 74.2 Å². The zero-order chi connectivity index (χ0) is 30.4. The molecular formula is C32H38BrClN6O3. The maximum atomic E-state index is 14.1. The van der Waals surface area contributed by atoms with Crippen LogP contribution in [0, 0.1) is 0 Å². The Balaban J connectivity index is 1.31. The molecule has 0 radical (unpaired) electrons. The summed E-state index contributed by atoms with van der Waals surface area (Å²) < 4.78 is 8.79. The summed E-state index contributed by atoms with van der Waals surface area (Å²) in [4.78, 5) is 40.3. The molecule has 1 saturated heterocycles. The highest BCUT2D eigenvalue weighted by Gasteiger charge is 2.45. The number of piperazine rings is 1. The van der Waals surface area contributed by atoms with Gasteiger partial charge in [-0.25, -0.2) is 9.78 Å². The van der Waals surface area contributed by atoms with Crippen molar-refractivity contribution in [1.82, 2.24) is 29.7 Å². The number of hydrogen-bond donors (Lipinski definition) is 1. The summed E-state index contributed by atoms with van der Waals surface area (Å²) in [5.41, 5.74) is 3.71. The van der Waals surface area contributed by atoms with E-state index < -0.39 is 17.7 Å². The van der Waals surface area contributed by atoms with Crippen LogP contribution in [0.25, 0.3) is 0 Å². The first-order valence-electron chi connectivity index (χ1n) is 15.0. The van der Waals surface area contributed by atoms with E-state index >= 15 is 0 Å². The van der Waals surface area contributed by atoms with Crippen LogP contribution in [0.4, 0.5) is 4.79 Å². The summed E-state index contributed by atoms with van der Waals surface area (Å²) in [7, 11) is 0. The van der Waals surface area contributed by atoms with Crippen molar-refractivity contribution in [2.75, 3.05) is 26.2 Å². The molecular weight excluding hydrogens is 632 g/mol. The molecule has 228 valence electrons. The molecule has 0 bridgehead atoms. The smallest absolute Gasteiger partial charge is 0.410 e. The summed E-state index contributed by atoms with van der Waals surface area (Å²) in [6.07, 6.45) is 11.7. The molecule has 3 heterocycles. The summed E-state index contributed by atoms with van der Waals surface area (Å²) in [5, 5.41) is 3.92. The molecule has 11 heteroatoms. The number of nitrogens with one attached hydrogen (secondary N) is 1. The minimum Gasteiger partial charge on any atom is -0.444 e. The predicted octanol–water partition coefficient (Wildman–Crippen LogP) is 5.50. The summed E-state index contributed by atoms with van der Waals surface area (Å²) >= 11 is 10.1. The van der Waals surface area contributed by atoms with Gasteiger partial charge in [0.25, 0.3) is 0 Å². The third-order valence-corrected chi connectivity index (χ3v) is 9.44. The molecule has 3 aliphatic rings. The number of hydrogen-bond acceptors (Lipinski definition) is 6. The molecule has 2 atom stereocenters. The van der Waals surface area contributed by atoms with E-state index in [-0.39, 0.29) is 24.0 Å². The number of benzene rings is 1. The molecule has 1 N–H and O–H groups in total. The molecule has 3 aromatic rings. The molecule has 1 aromatic carbocycles. The third kappa shape index (κ3) is 6.47. The minimum absolute atomic E-state index is 0.0221. The van der Waals surface area contributed by atoms with Crippen molar-refractivity contribution in [1.29, 1.82) is 0 Å². The molecule has 2 amide bonds. The van der Waals surface area contributed by atoms with Crippen LogP contribution in [0.2, 0.25) is 5.02 Å². The van der Waals surface area contributed by atoms with Crippen LogP contribution >= 0.6 is 27.5 Å². The fourth-order valence-corrected chi connectivity index (χ4v) is 7.01. The Labute approximate surface area is 266 Å². The number of pyridine rings is 1. The van der Waals surface area contributed by atoms with E-state index in [4.69, 9.17) is 21.3 Å². The highest BCUT2D eigenvalue weighted by molar-refractivity contribution is 9.10. The van der Waals surface area contributed by atoms with E-state index in [0.717, 1.165) is 59.0 Å². The number of carbonyl (C=O) groups is 2. The van der Waals surface area contributed by atoms with Gasteiger partial charge in [-0.15, -0.1) is 0 Å². The number of halogens is 2. The van der Waals surface area contributed by atoms with Crippen molar-refractivity contribution in [2.45, 2.75) is 76.1 Å². The molecule has 43 heavy (non-hydrogen) atoms. The number of rotatable bonds is 6. The number of ether oxygens (including phenoxy) is 1. The number of imidazole rings is 1. The van der Waals surface area contributed by atoms with Crippen molar-refractivity contribution >= 4 is 39.5 Å². The van der Waals surface area contributed by atoms with Crippen LogP contribution in [0.3, 0.4) is 0 Å². The van der Waals surface area contributed by atoms with Crippen molar-refractivity contribution < 1.29 is 14.3 Å². The normalized spacial score (nSPS) is 21.4. The Kier molecular flexibility index (Phi) is 8.30. The van der Waals surface area contributed by atoms with Crippen molar-refractivity contribution in [3.8, 4) is 0 Å². The van der Waals surface area contributed by atoms with Gasteiger partial charge in [0.05, 0.1) is 18.1 Å². The largest absolute Gasteiger partial charge is 0.444 e. The SMILES string of the molecule is CC(C)(C)OC(=O)N1CCN([C@H]2c3ccc(Cl)cc3CCc3cc(Br)cnc32)[C@@H](C(=O)NCCC2(n3ccnc3)CC2)C1. The number of amides is 2. The molecule has 2 aromatic heterocycles. The predicted molar refractivity (Wildman–Crippen MR) is 168 cm³/mol. The lowest BCUT2D eigenvalue weighted by molar-refractivity contribution is -0.129. The molecule has 0 spiro atoms. The highest BCUT2D eigenvalue weighted by atomic mass is 79.9. The lowest BCUT2D eigenvalue weighted by Gasteiger charge is -2.44. The van der Waals surface area contributed by atoms with Crippen LogP contribution < -0.4 is 5.32 Å². The summed E-state index contributed by atoms with van der Waals surface area (Å²) in [6, 6.07) is 7.26. The maximum absolute atomic E-state index is 14.1. The average molecular weight is 670 g/mol. The van der Waals surface area contributed by atoms with E-state index in [1.165, 1.54) is 0 Å². The lowest BCUT2D eigenvalue weighted by Crippen LogP contribution is -2.61. The van der Waals surface area contributed by atoms with E-state index in [0.29, 0.717) is 24.7 Å². The monoisotopic (exact) mass is 668 g/mol. The fraction of sp³-hybridized carbons (Fsp3) is 0.500. The van der Waals surface area contributed by atoms with Gasteiger partial charge < -0.3 is 19.5 Å². The standard InChI is InChI=1S/C32H38BrClN6O3/c1-31(2,3)43-30(42)38-14-15-40(26(19-38)29(41)36-11-10-32(8-9-32)39-13-12-35-20-39)28-25-7-6-24(34)17-21(25)4-5-22-16-23(33)18-37-27(22)28/h6-7,12-13,16-18,20,26,28H,4-5,8-11,14-15,19H2,1-3H3,(H,36,41)/t26-,28+/m1/s1. The number of fused-ring (bicyclic) bond motifs is 2. The Bertz CT molecular complexity index is 1450. The molecule has 2 fully saturated rings. The Hall–Kier alpha value is -2.95. The second kappa shape index (κ2) is 11.9. The zero-order valence-corrected chi connectivity index (χ0v) is 27.2. The summed E-state index contributed by atoms with van der Waals surface area (Å²) in [5.74, 6) is -0.104. The molecule has 0 unspecified atom stereocenters. The van der Waals surface area contributed by atoms with Crippen LogP contribution in [-0.2, 0) is 27.9 Å². The third-order valence-electron chi connectivity index (χ3n) is 8.77. The van der Waals surface area contributed by atoms with E-state index in [2.05, 4.69) is 47.8 Å². The number of carbonyl (C=O) groups excluding carboxylic acids is 2. The first-order valence-corrected chi connectivity index (χ1v) is 16.1. The topological polar surface area (TPSA) is 92.6 Å². The van der Waals surface area contributed by atoms with Crippen molar-refractivity contribution in [2.24, 2.45) is 0 Å². The second-order valence-corrected chi connectivity index (χ2v) is 14.2. The van der Waals surface area contributed by atoms with Gasteiger partial charge in [0.2, 0.25) is 5.91 Å². The Morgan fingerprint density at radius 3 is 2.67 bits per heavy atom. The number of nitrogens with zero attached hydrogens (tertiary/aromatic N) is 5. The second-order valence-electron chi connectivity index (χ2n) is 12.9. The first-order chi connectivity index (χ1) is 20.5. The average Bonchev–Trinajstić information content (AvgIpc) is 3.57. The van der Waals surface area contributed by atoms with Gasteiger partial charge in [0.1, 0.15) is 11.6 Å². The van der Waals surface area contributed by atoms with E-state index in [9.17, 15) is 9.59 Å². The van der Waals surface area contributed by atoms with Crippen molar-refractivity contribution in [3.63, 3.8) is 0 Å². The lowest BCUT2D eigenvalue weighted by atomic mass is 9.94. The molecule has 1 saturated carbocycles. The Morgan fingerprint density at radius 1 is 1.16 bits per heavy atom. The van der Waals surface area contributed by atoms with Gasteiger partial charge in [-0.1, -0.05) is 17.7 Å². The quantitative estimate of drug-likeness (QED) is 0.373. The van der Waals surface area contributed by atoms with Gasteiger partial charge >= 0.3 is 6.09 Å². The zero-order valence-electron chi connectivity index (χ0n) is 24.9. The van der Waals surface area contributed by atoms with Crippen LogP contribution in [0.5, 0.6) is 0 Å². The maximum Gasteiger partial charge on any atom is 0.410 e. The fourth-order valence-electron chi connectivity index (χ4n) is 6.44. The molecule has 2 aliphatic carbocycles. The molecule has 9 nitrogen and oxygen atoms in total.